The molecule has 6 heteroatoms. The van der Waals surface area contributed by atoms with Crippen molar-refractivity contribution in [3.05, 3.63) is 53.6 Å². The number of nitrogens with zero attached hydrogens (tertiary/aromatic N) is 1. The molecule has 0 radical (unpaired) electrons. The van der Waals surface area contributed by atoms with Gasteiger partial charge in [-0.05, 0) is 43.7 Å². The molecule has 1 aliphatic heterocycles. The second-order valence-electron chi connectivity index (χ2n) is 5.92. The number of carbonyl (C=O) groups excluding carboxylic acids is 1. The lowest BCUT2D eigenvalue weighted by Gasteiger charge is -2.31. The van der Waals surface area contributed by atoms with Gasteiger partial charge in [-0.2, -0.15) is 0 Å². The number of carbonyl (C=O) groups is 1. The number of likely N-dealkylation sites (N-methyl/N-ethyl adjacent to an activating group) is 1. The average molecular weight is 363 g/mol. The Balaban J connectivity index is 0.00000225. The largest absolute Gasteiger partial charge is 0.486 e. The van der Waals surface area contributed by atoms with E-state index in [1.807, 2.05) is 44.2 Å². The SMILES string of the molecule is CCN(CC1COc2ccccc2O1)C(=O)c1cc(N)ccc1C.Cl. The lowest BCUT2D eigenvalue weighted by molar-refractivity contribution is 0.0474. The van der Waals surface area contributed by atoms with Crippen molar-refractivity contribution in [2.45, 2.75) is 20.0 Å². The molecule has 0 aromatic heterocycles. The maximum absolute atomic E-state index is 12.8. The summed E-state index contributed by atoms with van der Waals surface area (Å²) in [6, 6.07) is 13.0. The zero-order valence-corrected chi connectivity index (χ0v) is 15.2. The standard InChI is InChI=1S/C19H22N2O3.ClH/c1-3-21(19(22)16-10-14(20)9-8-13(16)2)11-15-12-23-17-6-4-5-7-18(17)24-15;/h4-10,15H,3,11-12,20H2,1-2H3;1H. The molecule has 3 rings (SSSR count). The van der Waals surface area contributed by atoms with Crippen molar-refractivity contribution in [2.75, 3.05) is 25.4 Å². The third kappa shape index (κ3) is 4.17. The highest BCUT2D eigenvalue weighted by Crippen LogP contribution is 2.31. The molecule has 134 valence electrons. The summed E-state index contributed by atoms with van der Waals surface area (Å²) in [7, 11) is 0. The van der Waals surface area contributed by atoms with Gasteiger partial charge in [0.25, 0.3) is 5.91 Å². The number of aryl methyl sites for hydroxylation is 1. The zero-order valence-electron chi connectivity index (χ0n) is 14.4. The first-order valence-corrected chi connectivity index (χ1v) is 8.12. The topological polar surface area (TPSA) is 64.8 Å². The first-order chi connectivity index (χ1) is 11.6. The fraction of sp³-hybridized carbons (Fsp3) is 0.316. The van der Waals surface area contributed by atoms with Gasteiger partial charge in [0, 0.05) is 17.8 Å². The lowest BCUT2D eigenvalue weighted by atomic mass is 10.1. The number of para-hydroxylation sites is 2. The van der Waals surface area contributed by atoms with E-state index >= 15 is 0 Å². The van der Waals surface area contributed by atoms with E-state index in [-0.39, 0.29) is 24.4 Å². The Morgan fingerprint density at radius 2 is 1.96 bits per heavy atom. The van der Waals surface area contributed by atoms with Gasteiger partial charge in [0.1, 0.15) is 6.61 Å². The third-order valence-electron chi connectivity index (χ3n) is 4.15. The number of hydrogen-bond acceptors (Lipinski definition) is 4. The van der Waals surface area contributed by atoms with Gasteiger partial charge in [0.05, 0.1) is 6.54 Å². The van der Waals surface area contributed by atoms with Crippen LogP contribution in [0.2, 0.25) is 0 Å². The molecule has 2 aromatic carbocycles. The Kier molecular flexibility index (Phi) is 6.15. The highest BCUT2D eigenvalue weighted by molar-refractivity contribution is 5.96. The fourth-order valence-electron chi connectivity index (χ4n) is 2.79. The molecule has 25 heavy (non-hydrogen) atoms. The lowest BCUT2D eigenvalue weighted by Crippen LogP contribution is -2.43. The highest BCUT2D eigenvalue weighted by atomic mass is 35.5. The van der Waals surface area contributed by atoms with Crippen LogP contribution >= 0.6 is 12.4 Å². The van der Waals surface area contributed by atoms with Crippen LogP contribution in [0, 0.1) is 6.92 Å². The monoisotopic (exact) mass is 362 g/mol. The van der Waals surface area contributed by atoms with Crippen LogP contribution in [0.5, 0.6) is 11.5 Å². The number of amides is 1. The number of nitrogens with two attached hydrogens (primary N) is 1. The Bertz CT molecular complexity index is 751. The fourth-order valence-corrected chi connectivity index (χ4v) is 2.79. The predicted molar refractivity (Wildman–Crippen MR) is 101 cm³/mol. The summed E-state index contributed by atoms with van der Waals surface area (Å²) in [5, 5.41) is 0. The minimum Gasteiger partial charge on any atom is -0.486 e. The molecule has 2 N–H and O–H groups in total. The van der Waals surface area contributed by atoms with Crippen LogP contribution in [-0.2, 0) is 0 Å². The molecule has 1 atom stereocenters. The average Bonchev–Trinajstić information content (AvgIpc) is 2.61. The van der Waals surface area contributed by atoms with Gasteiger partial charge in [-0.15, -0.1) is 12.4 Å². The summed E-state index contributed by atoms with van der Waals surface area (Å²) in [6.45, 7) is 5.36. The maximum Gasteiger partial charge on any atom is 0.254 e. The normalized spacial score (nSPS) is 15.2. The summed E-state index contributed by atoms with van der Waals surface area (Å²) in [5.41, 5.74) is 7.97. The van der Waals surface area contributed by atoms with Crippen molar-refractivity contribution in [3.63, 3.8) is 0 Å². The molecule has 1 amide bonds. The molecule has 5 nitrogen and oxygen atoms in total. The van der Waals surface area contributed by atoms with Crippen LogP contribution in [0.1, 0.15) is 22.8 Å². The minimum absolute atomic E-state index is 0. The third-order valence-corrected chi connectivity index (χ3v) is 4.15. The van der Waals surface area contributed by atoms with Crippen LogP contribution < -0.4 is 15.2 Å². The molecule has 0 saturated heterocycles. The van der Waals surface area contributed by atoms with Crippen LogP contribution in [0.15, 0.2) is 42.5 Å². The molecular weight excluding hydrogens is 340 g/mol. The van der Waals surface area contributed by atoms with Crippen molar-refractivity contribution < 1.29 is 14.3 Å². The predicted octanol–water partition coefficient (Wildman–Crippen LogP) is 3.30. The van der Waals surface area contributed by atoms with Crippen molar-refractivity contribution in [3.8, 4) is 11.5 Å². The second kappa shape index (κ2) is 8.12. The first-order valence-electron chi connectivity index (χ1n) is 8.12. The first kappa shape index (κ1) is 18.9. The Morgan fingerprint density at radius 3 is 2.68 bits per heavy atom. The molecule has 1 unspecified atom stereocenters. The molecule has 0 aliphatic carbocycles. The van der Waals surface area contributed by atoms with Crippen molar-refractivity contribution in [1.82, 2.24) is 4.90 Å². The summed E-state index contributed by atoms with van der Waals surface area (Å²) < 4.78 is 11.7. The van der Waals surface area contributed by atoms with E-state index in [1.165, 1.54) is 0 Å². The van der Waals surface area contributed by atoms with Gasteiger partial charge in [0.15, 0.2) is 17.6 Å². The number of ether oxygens (including phenoxy) is 2. The second-order valence-corrected chi connectivity index (χ2v) is 5.92. The van der Waals surface area contributed by atoms with Crippen LogP contribution in [0.3, 0.4) is 0 Å². The van der Waals surface area contributed by atoms with Gasteiger partial charge >= 0.3 is 0 Å². The van der Waals surface area contributed by atoms with Crippen molar-refractivity contribution >= 4 is 24.0 Å². The number of anilines is 1. The Morgan fingerprint density at radius 1 is 1.24 bits per heavy atom. The Labute approximate surface area is 154 Å². The van der Waals surface area contributed by atoms with E-state index in [0.717, 1.165) is 17.1 Å². The summed E-state index contributed by atoms with van der Waals surface area (Å²) in [5.74, 6) is 1.43. The van der Waals surface area contributed by atoms with Gasteiger partial charge in [0.2, 0.25) is 0 Å². The van der Waals surface area contributed by atoms with E-state index < -0.39 is 0 Å². The van der Waals surface area contributed by atoms with E-state index in [9.17, 15) is 4.79 Å². The molecule has 1 heterocycles. The summed E-state index contributed by atoms with van der Waals surface area (Å²) in [6.07, 6.45) is -0.190. The quantitative estimate of drug-likeness (QED) is 0.847. The Hall–Kier alpha value is -2.40. The van der Waals surface area contributed by atoms with Crippen LogP contribution in [0.25, 0.3) is 0 Å². The van der Waals surface area contributed by atoms with E-state index in [0.29, 0.717) is 30.9 Å². The van der Waals surface area contributed by atoms with Gasteiger partial charge < -0.3 is 20.1 Å². The molecule has 0 bridgehead atoms. The number of rotatable bonds is 4. The molecule has 0 fully saturated rings. The number of fused-ring (bicyclic) bond motifs is 1. The van der Waals surface area contributed by atoms with Gasteiger partial charge in [-0.25, -0.2) is 0 Å². The van der Waals surface area contributed by atoms with Crippen LogP contribution in [0.4, 0.5) is 5.69 Å². The molecular formula is C19H23ClN2O3. The summed E-state index contributed by atoms with van der Waals surface area (Å²) >= 11 is 0. The zero-order chi connectivity index (χ0) is 17.1. The van der Waals surface area contributed by atoms with Crippen molar-refractivity contribution in [1.29, 1.82) is 0 Å². The van der Waals surface area contributed by atoms with Gasteiger partial charge in [-0.1, -0.05) is 18.2 Å². The van der Waals surface area contributed by atoms with Crippen molar-refractivity contribution in [2.24, 2.45) is 0 Å². The number of halogens is 1. The minimum atomic E-state index is -0.190. The van der Waals surface area contributed by atoms with E-state index in [1.54, 1.807) is 17.0 Å². The van der Waals surface area contributed by atoms with E-state index in [4.69, 9.17) is 15.2 Å². The smallest absolute Gasteiger partial charge is 0.254 e. The number of nitrogen functional groups attached to an aromatic ring is 1. The number of benzene rings is 2. The number of hydrogen-bond donors (Lipinski definition) is 1. The van der Waals surface area contributed by atoms with Gasteiger partial charge in [-0.3, -0.25) is 4.79 Å². The molecule has 0 spiro atoms. The van der Waals surface area contributed by atoms with E-state index in [2.05, 4.69) is 0 Å². The van der Waals surface area contributed by atoms with Crippen LogP contribution in [-0.4, -0.2) is 36.6 Å². The maximum atomic E-state index is 12.8. The molecule has 0 saturated carbocycles. The highest BCUT2D eigenvalue weighted by Gasteiger charge is 2.25. The molecule has 2 aromatic rings. The molecule has 1 aliphatic rings. The summed E-state index contributed by atoms with van der Waals surface area (Å²) in [4.78, 5) is 14.6.